The summed E-state index contributed by atoms with van der Waals surface area (Å²) < 4.78 is 11.6. The molecule has 2 heterocycles. The summed E-state index contributed by atoms with van der Waals surface area (Å²) in [4.78, 5) is 21.8. The molecule has 0 atom stereocenters. The molecule has 2 N–H and O–H groups in total. The van der Waals surface area contributed by atoms with E-state index in [1.54, 1.807) is 25.6 Å². The van der Waals surface area contributed by atoms with Gasteiger partial charge in [0, 0.05) is 29.5 Å². The van der Waals surface area contributed by atoms with Crippen molar-refractivity contribution in [3.8, 4) is 11.5 Å². The van der Waals surface area contributed by atoms with Crippen LogP contribution in [-0.4, -0.2) is 49.2 Å². The van der Waals surface area contributed by atoms with Gasteiger partial charge in [0.1, 0.15) is 0 Å². The van der Waals surface area contributed by atoms with Crippen molar-refractivity contribution in [2.45, 2.75) is 33.1 Å². The molecule has 31 heavy (non-hydrogen) atoms. The van der Waals surface area contributed by atoms with E-state index in [1.807, 2.05) is 26.0 Å². The van der Waals surface area contributed by atoms with Crippen LogP contribution in [0.4, 0.5) is 11.4 Å². The van der Waals surface area contributed by atoms with E-state index in [2.05, 4.69) is 34.3 Å². The maximum atomic E-state index is 12.5. The third kappa shape index (κ3) is 5.55. The van der Waals surface area contributed by atoms with Crippen LogP contribution in [0.5, 0.6) is 11.5 Å². The third-order valence-electron chi connectivity index (χ3n) is 5.24. The molecule has 0 spiro atoms. The van der Waals surface area contributed by atoms with Crippen molar-refractivity contribution in [2.24, 2.45) is 0 Å². The number of nitrogens with one attached hydrogen (secondary N) is 2. The number of H-pyrrole nitrogens is 1. The van der Waals surface area contributed by atoms with E-state index in [4.69, 9.17) is 9.47 Å². The smallest absolute Gasteiger partial charge is 0.250 e. The fraction of sp³-hybridized carbons (Fsp3) is 0.417. The molecule has 3 rings (SSSR count). The molecule has 0 saturated heterocycles. The fourth-order valence-electron chi connectivity index (χ4n) is 3.60. The van der Waals surface area contributed by atoms with Gasteiger partial charge in [0.15, 0.2) is 11.5 Å². The van der Waals surface area contributed by atoms with E-state index < -0.39 is 0 Å². The Labute approximate surface area is 183 Å². The second-order valence-electron chi connectivity index (χ2n) is 8.05. The minimum absolute atomic E-state index is 0.205. The van der Waals surface area contributed by atoms with E-state index in [-0.39, 0.29) is 5.56 Å². The average molecular weight is 425 g/mol. The van der Waals surface area contributed by atoms with Gasteiger partial charge < -0.3 is 24.7 Å². The van der Waals surface area contributed by atoms with Gasteiger partial charge >= 0.3 is 0 Å². The summed E-state index contributed by atoms with van der Waals surface area (Å²) in [5.74, 6) is 1.17. The summed E-state index contributed by atoms with van der Waals surface area (Å²) in [7, 11) is 5.76. The number of hydrogen-bond donors (Lipinski definition) is 2. The van der Waals surface area contributed by atoms with Gasteiger partial charge in [-0.1, -0.05) is 0 Å². The number of aromatic nitrogens is 2. The molecule has 0 aliphatic rings. The fourth-order valence-corrected chi connectivity index (χ4v) is 3.60. The lowest BCUT2D eigenvalue weighted by atomic mass is 10.1. The summed E-state index contributed by atoms with van der Waals surface area (Å²) in [5.41, 5.74) is 4.11. The van der Waals surface area contributed by atoms with Crippen LogP contribution in [0, 0.1) is 13.8 Å². The SMILES string of the molecule is COc1ccc2c(Nc3c(C)cncc3C)cc(=O)[nH]c2c1OCCCCCN(C)C. The lowest BCUT2D eigenvalue weighted by Crippen LogP contribution is -2.13. The Morgan fingerprint density at radius 1 is 1.10 bits per heavy atom. The van der Waals surface area contributed by atoms with Crippen molar-refractivity contribution in [2.75, 3.05) is 39.7 Å². The minimum atomic E-state index is -0.205. The number of ether oxygens (including phenoxy) is 2. The maximum Gasteiger partial charge on any atom is 0.250 e. The number of anilines is 2. The number of aromatic amines is 1. The topological polar surface area (TPSA) is 79.5 Å². The van der Waals surface area contributed by atoms with Crippen LogP contribution in [-0.2, 0) is 0 Å². The first-order chi connectivity index (χ1) is 14.9. The zero-order valence-corrected chi connectivity index (χ0v) is 19.0. The van der Waals surface area contributed by atoms with Crippen molar-refractivity contribution in [3.05, 3.63) is 52.1 Å². The molecule has 7 nitrogen and oxygen atoms in total. The summed E-state index contributed by atoms with van der Waals surface area (Å²) in [5, 5.41) is 4.28. The van der Waals surface area contributed by atoms with Crippen LogP contribution in [0.1, 0.15) is 30.4 Å². The van der Waals surface area contributed by atoms with E-state index in [1.165, 1.54) is 0 Å². The summed E-state index contributed by atoms with van der Waals surface area (Å²) >= 11 is 0. The molecule has 1 aromatic carbocycles. The highest BCUT2D eigenvalue weighted by Gasteiger charge is 2.15. The predicted octanol–water partition coefficient (Wildman–Crippen LogP) is 4.40. The van der Waals surface area contributed by atoms with Gasteiger partial charge in [-0.3, -0.25) is 9.78 Å². The summed E-state index contributed by atoms with van der Waals surface area (Å²) in [6.07, 6.45) is 6.75. The largest absolute Gasteiger partial charge is 0.493 e. The van der Waals surface area contributed by atoms with Crippen LogP contribution < -0.4 is 20.3 Å². The molecule has 0 fully saturated rings. The molecule has 0 amide bonds. The molecule has 7 heteroatoms. The number of methoxy groups -OCH3 is 1. The molecule has 0 aliphatic carbocycles. The predicted molar refractivity (Wildman–Crippen MR) is 126 cm³/mol. The molecule has 3 aromatic rings. The van der Waals surface area contributed by atoms with Crippen molar-refractivity contribution in [1.82, 2.24) is 14.9 Å². The molecular formula is C24H32N4O3. The van der Waals surface area contributed by atoms with Gasteiger partial charge in [-0.25, -0.2) is 0 Å². The first kappa shape index (κ1) is 22.6. The summed E-state index contributed by atoms with van der Waals surface area (Å²) in [6, 6.07) is 5.38. The molecule has 0 aliphatic heterocycles. The van der Waals surface area contributed by atoms with Gasteiger partial charge in [0.05, 0.1) is 24.9 Å². The number of rotatable bonds is 10. The van der Waals surface area contributed by atoms with Gasteiger partial charge in [-0.2, -0.15) is 0 Å². The zero-order valence-electron chi connectivity index (χ0n) is 19.0. The lowest BCUT2D eigenvalue weighted by molar-refractivity contribution is 0.284. The molecule has 0 unspecified atom stereocenters. The summed E-state index contributed by atoms with van der Waals surface area (Å²) in [6.45, 7) is 5.61. The third-order valence-corrected chi connectivity index (χ3v) is 5.24. The average Bonchev–Trinajstić information content (AvgIpc) is 2.72. The van der Waals surface area contributed by atoms with Crippen LogP contribution in [0.3, 0.4) is 0 Å². The Kier molecular flexibility index (Phi) is 7.52. The highest BCUT2D eigenvalue weighted by molar-refractivity contribution is 5.97. The second kappa shape index (κ2) is 10.3. The van der Waals surface area contributed by atoms with Crippen molar-refractivity contribution in [1.29, 1.82) is 0 Å². The Bertz CT molecular complexity index is 1070. The first-order valence-corrected chi connectivity index (χ1v) is 10.6. The molecule has 0 radical (unpaired) electrons. The number of nitrogens with zero attached hydrogens (tertiary/aromatic N) is 2. The Morgan fingerprint density at radius 2 is 1.84 bits per heavy atom. The quantitative estimate of drug-likeness (QED) is 0.470. The number of pyridine rings is 2. The van der Waals surface area contributed by atoms with E-state index in [9.17, 15) is 4.79 Å². The Balaban J connectivity index is 1.91. The van der Waals surface area contributed by atoms with Gasteiger partial charge in [0.25, 0.3) is 5.56 Å². The normalized spacial score (nSPS) is 11.2. The van der Waals surface area contributed by atoms with Gasteiger partial charge in [-0.05, 0) is 77.0 Å². The Hall–Kier alpha value is -3.06. The van der Waals surface area contributed by atoms with E-state index in [0.29, 0.717) is 23.6 Å². The van der Waals surface area contributed by atoms with Gasteiger partial charge in [0.2, 0.25) is 0 Å². The Morgan fingerprint density at radius 3 is 2.52 bits per heavy atom. The van der Waals surface area contributed by atoms with Crippen molar-refractivity contribution in [3.63, 3.8) is 0 Å². The number of benzene rings is 1. The van der Waals surface area contributed by atoms with Crippen LogP contribution in [0.15, 0.2) is 35.4 Å². The van der Waals surface area contributed by atoms with Crippen LogP contribution >= 0.6 is 0 Å². The minimum Gasteiger partial charge on any atom is -0.493 e. The molecule has 0 bridgehead atoms. The number of aryl methyl sites for hydroxylation is 2. The number of unbranched alkanes of at least 4 members (excludes halogenated alkanes) is 2. The second-order valence-corrected chi connectivity index (χ2v) is 8.05. The van der Waals surface area contributed by atoms with Gasteiger partial charge in [-0.15, -0.1) is 0 Å². The van der Waals surface area contributed by atoms with Crippen LogP contribution in [0.2, 0.25) is 0 Å². The molecule has 2 aromatic heterocycles. The monoisotopic (exact) mass is 424 g/mol. The van der Waals surface area contributed by atoms with Crippen molar-refractivity contribution >= 4 is 22.3 Å². The maximum absolute atomic E-state index is 12.5. The standard InChI is InChI=1S/C24H32N4O3/c1-16-14-25-15-17(2)22(16)26-19-13-21(29)27-23-18(19)9-10-20(30-5)24(23)31-12-8-6-7-11-28(3)4/h9-10,13-15H,6-8,11-12H2,1-5H3,(H2,25,26,27,29). The number of fused-ring (bicyclic) bond motifs is 1. The van der Waals surface area contributed by atoms with Crippen molar-refractivity contribution < 1.29 is 9.47 Å². The van der Waals surface area contributed by atoms with Crippen LogP contribution in [0.25, 0.3) is 10.9 Å². The lowest BCUT2D eigenvalue weighted by Gasteiger charge is -2.17. The first-order valence-electron chi connectivity index (χ1n) is 10.6. The van der Waals surface area contributed by atoms with E-state index in [0.717, 1.165) is 53.7 Å². The molecular weight excluding hydrogens is 392 g/mol. The highest BCUT2D eigenvalue weighted by Crippen LogP contribution is 2.37. The molecule has 0 saturated carbocycles. The molecule has 166 valence electrons. The zero-order chi connectivity index (χ0) is 22.4. The van der Waals surface area contributed by atoms with E-state index >= 15 is 0 Å². The highest BCUT2D eigenvalue weighted by atomic mass is 16.5. The number of hydrogen-bond acceptors (Lipinski definition) is 6.